The van der Waals surface area contributed by atoms with Crippen molar-refractivity contribution in [1.29, 1.82) is 0 Å². The molecule has 4 bridgehead atoms. The predicted octanol–water partition coefficient (Wildman–Crippen LogP) is 1.55. The fraction of sp³-hybridized carbons (Fsp3) is 0.640. The number of carbonyl (C=O) groups excluding carboxylic acids is 2. The van der Waals surface area contributed by atoms with E-state index in [1.807, 2.05) is 12.3 Å². The van der Waals surface area contributed by atoms with E-state index < -0.39 is 27.3 Å². The molecule has 4 saturated carbocycles. The molecule has 2 aliphatic heterocycles. The van der Waals surface area contributed by atoms with E-state index in [-0.39, 0.29) is 23.6 Å². The number of rotatable bonds is 3. The third-order valence-corrected chi connectivity index (χ3v) is 11.0. The lowest BCUT2D eigenvalue weighted by atomic mass is 9.52. The molecule has 2 aromatic rings. The Bertz CT molecular complexity index is 1370. The van der Waals surface area contributed by atoms with Crippen LogP contribution >= 0.6 is 0 Å². The van der Waals surface area contributed by atoms with Gasteiger partial charge in [0.05, 0.1) is 28.8 Å². The van der Waals surface area contributed by atoms with E-state index in [0.29, 0.717) is 43.0 Å². The largest absolute Gasteiger partial charge is 0.390 e. The van der Waals surface area contributed by atoms with Crippen LogP contribution in [0.25, 0.3) is 11.3 Å². The number of sulfone groups is 1. The lowest BCUT2D eigenvalue weighted by Crippen LogP contribution is -2.55. The minimum atomic E-state index is -3.06. The highest BCUT2D eigenvalue weighted by atomic mass is 32.2. The van der Waals surface area contributed by atoms with E-state index in [2.05, 4.69) is 25.6 Å². The summed E-state index contributed by atoms with van der Waals surface area (Å²) in [6.45, 7) is 0.454. The van der Waals surface area contributed by atoms with Gasteiger partial charge in [-0.1, -0.05) is 0 Å². The fourth-order valence-electron chi connectivity index (χ4n) is 7.93. The fourth-order valence-corrected chi connectivity index (χ4v) is 9.42. The molecule has 3 unspecified atom stereocenters. The SMILES string of the molecule is O=C(Nc1nn(C2[C@@H]3CC4C[C@H]2CC(O)(C4)C3)c2c1CNc1[nH]ccc1-2)C(=O)NC1CCS(=O)(=O)CC1. The third kappa shape index (κ3) is 3.87. The zero-order chi connectivity index (χ0) is 25.5. The van der Waals surface area contributed by atoms with Crippen molar-refractivity contribution in [2.24, 2.45) is 17.8 Å². The van der Waals surface area contributed by atoms with Crippen LogP contribution in [0.2, 0.25) is 0 Å². The van der Waals surface area contributed by atoms with Crippen molar-refractivity contribution in [2.45, 2.75) is 69.2 Å². The number of nitrogens with zero attached hydrogens (tertiary/aromatic N) is 2. The smallest absolute Gasteiger partial charge is 0.314 e. The first-order valence-corrected chi connectivity index (χ1v) is 15.1. The first-order chi connectivity index (χ1) is 17.7. The van der Waals surface area contributed by atoms with Crippen LogP contribution < -0.4 is 16.0 Å². The standard InChI is InChI=1S/C25H32N6O5S/c32-23(28-16-2-5-37(35,36)6-3-16)24(33)29-22-18-12-27-21-17(1-4-26-21)20(18)31(30-22)19-14-7-13-8-15(19)11-25(34,9-13)10-14/h1,4,13-16,19,26-27,34H,2-3,5-12H2,(H,28,32)(H,29,30,33)/t13?,14-,15+,19?,25?. The third-order valence-electron chi connectivity index (χ3n) is 9.25. The zero-order valence-electron chi connectivity index (χ0n) is 20.5. The van der Waals surface area contributed by atoms with Gasteiger partial charge in [0.15, 0.2) is 5.82 Å². The molecule has 0 spiro atoms. The topological polar surface area (TPSA) is 158 Å². The Morgan fingerprint density at radius 3 is 2.54 bits per heavy atom. The van der Waals surface area contributed by atoms with E-state index >= 15 is 0 Å². The number of carbonyl (C=O) groups is 2. The molecule has 6 aliphatic rings. The molecule has 5 atom stereocenters. The Morgan fingerprint density at radius 1 is 1.11 bits per heavy atom. The highest BCUT2D eigenvalue weighted by Crippen LogP contribution is 2.60. The number of amides is 2. The van der Waals surface area contributed by atoms with Gasteiger partial charge in [-0.05, 0) is 68.8 Å². The van der Waals surface area contributed by atoms with Gasteiger partial charge < -0.3 is 26.0 Å². The van der Waals surface area contributed by atoms with Crippen LogP contribution in [0.1, 0.15) is 56.6 Å². The van der Waals surface area contributed by atoms with Crippen molar-refractivity contribution in [1.82, 2.24) is 20.1 Å². The molecular weight excluding hydrogens is 496 g/mol. The van der Waals surface area contributed by atoms with Crippen LogP contribution in [0.3, 0.4) is 0 Å². The first kappa shape index (κ1) is 23.3. The minimum absolute atomic E-state index is 0.0157. The Balaban J connectivity index is 1.17. The van der Waals surface area contributed by atoms with E-state index in [1.165, 1.54) is 0 Å². The van der Waals surface area contributed by atoms with Crippen molar-refractivity contribution in [3.8, 4) is 11.3 Å². The summed E-state index contributed by atoms with van der Waals surface area (Å²) in [7, 11) is -3.06. The van der Waals surface area contributed by atoms with Gasteiger partial charge in [-0.3, -0.25) is 14.3 Å². The molecule has 0 radical (unpaired) electrons. The monoisotopic (exact) mass is 528 g/mol. The summed E-state index contributed by atoms with van der Waals surface area (Å²) in [5.41, 5.74) is 2.21. The molecule has 5 N–H and O–H groups in total. The molecule has 0 aromatic carbocycles. The zero-order valence-corrected chi connectivity index (χ0v) is 21.3. The number of hydrogen-bond donors (Lipinski definition) is 5. The number of H-pyrrole nitrogens is 1. The van der Waals surface area contributed by atoms with Gasteiger partial charge in [0.2, 0.25) is 0 Å². The molecule has 11 nitrogen and oxygen atoms in total. The van der Waals surface area contributed by atoms with Crippen LogP contribution in [0.15, 0.2) is 12.3 Å². The van der Waals surface area contributed by atoms with E-state index in [4.69, 9.17) is 5.10 Å². The lowest BCUT2D eigenvalue weighted by molar-refractivity contribution is -0.148. The van der Waals surface area contributed by atoms with Crippen LogP contribution in [0, 0.1) is 17.8 Å². The highest BCUT2D eigenvalue weighted by molar-refractivity contribution is 7.91. The molecular formula is C25H32N6O5S. The maximum Gasteiger partial charge on any atom is 0.314 e. The van der Waals surface area contributed by atoms with Crippen LogP contribution in [0.4, 0.5) is 11.6 Å². The van der Waals surface area contributed by atoms with E-state index in [9.17, 15) is 23.1 Å². The molecule has 4 aliphatic carbocycles. The molecule has 1 saturated heterocycles. The van der Waals surface area contributed by atoms with E-state index in [1.54, 1.807) is 0 Å². The summed E-state index contributed by atoms with van der Waals surface area (Å²) in [6.07, 6.45) is 7.11. The van der Waals surface area contributed by atoms with Crippen LogP contribution in [-0.2, 0) is 26.0 Å². The Labute approximate surface area is 214 Å². The number of hydrogen-bond acceptors (Lipinski definition) is 7. The summed E-state index contributed by atoms with van der Waals surface area (Å²) in [5.74, 6) is 0.929. The van der Waals surface area contributed by atoms with Gasteiger partial charge in [0, 0.05) is 29.9 Å². The molecule has 12 heteroatoms. The van der Waals surface area contributed by atoms with Crippen LogP contribution in [0.5, 0.6) is 0 Å². The average Bonchev–Trinajstić information content (AvgIpc) is 3.44. The normalized spacial score (nSPS) is 33.3. The molecule has 2 amide bonds. The quantitative estimate of drug-likeness (QED) is 0.378. The van der Waals surface area contributed by atoms with E-state index in [0.717, 1.165) is 54.7 Å². The van der Waals surface area contributed by atoms with Crippen molar-refractivity contribution in [3.63, 3.8) is 0 Å². The maximum absolute atomic E-state index is 12.9. The van der Waals surface area contributed by atoms with Gasteiger partial charge in [-0.25, -0.2) is 8.42 Å². The molecule has 198 valence electrons. The maximum atomic E-state index is 12.9. The summed E-state index contributed by atoms with van der Waals surface area (Å²) in [6, 6.07) is 1.80. The van der Waals surface area contributed by atoms with Crippen molar-refractivity contribution < 1.29 is 23.1 Å². The second-order valence-electron chi connectivity index (χ2n) is 11.8. The number of aromatic amines is 1. The second-order valence-corrected chi connectivity index (χ2v) is 14.1. The number of nitrogens with one attached hydrogen (secondary N) is 4. The highest BCUT2D eigenvalue weighted by Gasteiger charge is 2.56. The van der Waals surface area contributed by atoms with Crippen molar-refractivity contribution >= 4 is 33.3 Å². The molecule has 2 aromatic heterocycles. The Hall–Kier alpha value is -2.86. The van der Waals surface area contributed by atoms with Gasteiger partial charge >= 0.3 is 11.8 Å². The lowest BCUT2D eigenvalue weighted by Gasteiger charge is -2.58. The second kappa shape index (κ2) is 8.07. The number of anilines is 2. The number of aromatic nitrogens is 3. The predicted molar refractivity (Wildman–Crippen MR) is 135 cm³/mol. The van der Waals surface area contributed by atoms with Crippen molar-refractivity contribution in [3.05, 3.63) is 17.8 Å². The summed E-state index contributed by atoms with van der Waals surface area (Å²) in [5, 5.41) is 24.8. The first-order valence-electron chi connectivity index (χ1n) is 13.3. The van der Waals surface area contributed by atoms with Gasteiger partial charge in [-0.15, -0.1) is 0 Å². The summed E-state index contributed by atoms with van der Waals surface area (Å²) in [4.78, 5) is 28.8. The average molecular weight is 529 g/mol. The summed E-state index contributed by atoms with van der Waals surface area (Å²) >= 11 is 0. The number of aliphatic hydroxyl groups is 1. The molecule has 4 heterocycles. The molecule has 5 fully saturated rings. The van der Waals surface area contributed by atoms with Gasteiger partial charge in [-0.2, -0.15) is 5.10 Å². The summed E-state index contributed by atoms with van der Waals surface area (Å²) < 4.78 is 25.4. The Morgan fingerprint density at radius 2 is 1.84 bits per heavy atom. The molecule has 37 heavy (non-hydrogen) atoms. The van der Waals surface area contributed by atoms with Crippen LogP contribution in [-0.4, -0.2) is 63.3 Å². The Kier molecular flexibility index (Phi) is 5.07. The minimum Gasteiger partial charge on any atom is -0.390 e. The molecule has 8 rings (SSSR count). The van der Waals surface area contributed by atoms with Gasteiger partial charge in [0.25, 0.3) is 0 Å². The van der Waals surface area contributed by atoms with Crippen molar-refractivity contribution in [2.75, 3.05) is 22.1 Å². The van der Waals surface area contributed by atoms with Gasteiger partial charge in [0.1, 0.15) is 15.7 Å². The number of fused-ring (bicyclic) bond motifs is 3.